The number of rotatable bonds is 15. The van der Waals surface area contributed by atoms with Gasteiger partial charge in [-0.25, -0.2) is 0 Å². The van der Waals surface area contributed by atoms with Gasteiger partial charge in [0.1, 0.15) is 16.8 Å². The quantitative estimate of drug-likeness (QED) is 0.0632. The number of carbonyl (C=O) groups excluding carboxylic acids is 1. The Morgan fingerprint density at radius 2 is 0.543 bits per heavy atom. The monoisotopic (exact) mass is 1910 g/mol. The van der Waals surface area contributed by atoms with Crippen LogP contribution in [-0.4, -0.2) is 10.9 Å². The van der Waals surface area contributed by atoms with Crippen LogP contribution in [0.2, 0.25) is 0 Å². The maximum absolute atomic E-state index is 13.1. The van der Waals surface area contributed by atoms with Crippen LogP contribution in [0.25, 0.3) is 187 Å². The lowest BCUT2D eigenvalue weighted by atomic mass is 9.67. The molecule has 26 rings (SSSR count). The topological polar surface area (TPSA) is 50.4 Å². The molecular weight excluding hydrogens is 1830 g/mol. The van der Waals surface area contributed by atoms with E-state index >= 15 is 0 Å². The highest BCUT2D eigenvalue weighted by molar-refractivity contribution is 9.10. The van der Waals surface area contributed by atoms with E-state index in [0.717, 1.165) is 81.0 Å². The number of aliphatic hydroxyl groups is 1. The average Bonchev–Trinajstić information content (AvgIpc) is 1.53. The first-order chi connectivity index (χ1) is 69.1. The van der Waals surface area contributed by atoms with Crippen molar-refractivity contribution >= 4 is 124 Å². The number of furan rings is 1. The third-order valence-electron chi connectivity index (χ3n) is 28.3. The zero-order valence-corrected chi connectivity index (χ0v) is 79.4. The molecule has 0 fully saturated rings. The Kier molecular flexibility index (Phi) is 22.6. The third kappa shape index (κ3) is 15.1. The van der Waals surface area contributed by atoms with Crippen molar-refractivity contribution in [3.8, 4) is 100 Å². The van der Waals surface area contributed by atoms with Gasteiger partial charge in [0.15, 0.2) is 5.78 Å². The smallest absolute Gasteiger partial charge is 0.193 e. The van der Waals surface area contributed by atoms with Crippen LogP contribution in [0.1, 0.15) is 54.9 Å². The lowest BCUT2D eigenvalue weighted by Gasteiger charge is -2.34. The predicted octanol–water partition coefficient (Wildman–Crippen LogP) is 36.6. The lowest BCUT2D eigenvalue weighted by molar-refractivity contribution is 0.103. The fraction of sp³-hybridized carbons (Fsp3) is 0.0148. The van der Waals surface area contributed by atoms with Crippen LogP contribution in [0, 0.1) is 0 Å². The van der Waals surface area contributed by atoms with Gasteiger partial charge in [0.25, 0.3) is 0 Å². The SMILES string of the molecule is O=C(c1ccc(-c2c3ccccc3c(-c3ccccc3)c3ccccc23)cc1)c1cccc(Br)c1.OC(c1ccc(-c2c3ccccc3c(-c3ccccc3)c3ccccc23)cc1)(c1cccc(Br)c1)c1ccccc1-c1ccccc1.c1ccc(-c2c3ccccc3c(-c3ccc(C4(c5cccc(-c6cccc7c6oc6ccccc67)c5)c5ccccc5-c5ccccc54)cc3)c3ccccc23)cc1. The number of para-hydroxylation sites is 2. The second-order valence-electron chi connectivity index (χ2n) is 36.0. The molecule has 1 aromatic heterocycles. The van der Waals surface area contributed by atoms with E-state index in [1.165, 1.54) is 154 Å². The molecule has 1 atom stereocenters. The van der Waals surface area contributed by atoms with Crippen molar-refractivity contribution in [3.63, 3.8) is 0 Å². The molecular formula is C135H88Br2O3. The zero-order chi connectivity index (χ0) is 93.8. The Labute approximate surface area is 829 Å². The van der Waals surface area contributed by atoms with Gasteiger partial charge in [-0.2, -0.15) is 0 Å². The largest absolute Gasteiger partial charge is 0.455 e. The van der Waals surface area contributed by atoms with Crippen LogP contribution in [0.5, 0.6) is 0 Å². The van der Waals surface area contributed by atoms with Gasteiger partial charge in [-0.05, 0) is 229 Å². The summed E-state index contributed by atoms with van der Waals surface area (Å²) in [7, 11) is 0. The first kappa shape index (κ1) is 86.1. The summed E-state index contributed by atoms with van der Waals surface area (Å²) < 4.78 is 8.39. The van der Waals surface area contributed by atoms with E-state index in [-0.39, 0.29) is 5.78 Å². The molecule has 1 heterocycles. The molecule has 0 aliphatic heterocycles. The van der Waals surface area contributed by atoms with Gasteiger partial charge < -0.3 is 9.52 Å². The summed E-state index contributed by atoms with van der Waals surface area (Å²) in [6.45, 7) is 0. The second kappa shape index (κ2) is 36.7. The van der Waals surface area contributed by atoms with Gasteiger partial charge in [0.2, 0.25) is 0 Å². The summed E-state index contributed by atoms with van der Waals surface area (Å²) in [5.74, 6) is 0.0204. The van der Waals surface area contributed by atoms with E-state index < -0.39 is 11.0 Å². The molecule has 660 valence electrons. The average molecular weight is 1920 g/mol. The molecule has 25 aromatic rings. The van der Waals surface area contributed by atoms with Gasteiger partial charge in [-0.15, -0.1) is 0 Å². The van der Waals surface area contributed by atoms with Crippen molar-refractivity contribution in [1.29, 1.82) is 0 Å². The highest BCUT2D eigenvalue weighted by atomic mass is 79.9. The Bertz CT molecular complexity index is 8870. The fourth-order valence-electron chi connectivity index (χ4n) is 22.2. The zero-order valence-electron chi connectivity index (χ0n) is 76.2. The normalized spacial score (nSPS) is 12.4. The first-order valence-corrected chi connectivity index (χ1v) is 49.1. The maximum atomic E-state index is 13.1. The molecule has 0 amide bonds. The predicted molar refractivity (Wildman–Crippen MR) is 593 cm³/mol. The second-order valence-corrected chi connectivity index (χ2v) is 37.9. The number of fused-ring (bicyclic) bond motifs is 12. The number of benzene rings is 24. The minimum Gasteiger partial charge on any atom is -0.455 e. The van der Waals surface area contributed by atoms with E-state index in [9.17, 15) is 9.90 Å². The van der Waals surface area contributed by atoms with Crippen molar-refractivity contribution in [2.45, 2.75) is 11.0 Å². The third-order valence-corrected chi connectivity index (χ3v) is 29.3. The molecule has 0 saturated heterocycles. The Morgan fingerprint density at radius 3 is 0.979 bits per heavy atom. The molecule has 0 bridgehead atoms. The molecule has 1 N–H and O–H groups in total. The fourth-order valence-corrected chi connectivity index (χ4v) is 23.0. The molecule has 0 spiro atoms. The first-order valence-electron chi connectivity index (χ1n) is 47.6. The van der Waals surface area contributed by atoms with Crippen LogP contribution < -0.4 is 0 Å². The van der Waals surface area contributed by atoms with Gasteiger partial charge in [-0.3, -0.25) is 4.79 Å². The molecule has 3 nitrogen and oxygen atoms in total. The number of carbonyl (C=O) groups is 1. The van der Waals surface area contributed by atoms with Crippen LogP contribution >= 0.6 is 31.9 Å². The number of halogens is 2. The highest BCUT2D eigenvalue weighted by Crippen LogP contribution is 2.58. The van der Waals surface area contributed by atoms with Crippen LogP contribution in [-0.2, 0) is 11.0 Å². The molecule has 140 heavy (non-hydrogen) atoms. The van der Waals surface area contributed by atoms with Crippen LogP contribution in [0.15, 0.2) is 541 Å². The van der Waals surface area contributed by atoms with E-state index in [2.05, 4.69) is 457 Å². The molecule has 0 radical (unpaired) electrons. The summed E-state index contributed by atoms with van der Waals surface area (Å²) in [5.41, 5.74) is 30.1. The minimum absolute atomic E-state index is 0.0204. The van der Waals surface area contributed by atoms with Gasteiger partial charge in [0, 0.05) is 42.0 Å². The lowest BCUT2D eigenvalue weighted by Crippen LogP contribution is -2.29. The molecule has 5 heteroatoms. The van der Waals surface area contributed by atoms with E-state index in [0.29, 0.717) is 11.1 Å². The molecule has 0 saturated carbocycles. The van der Waals surface area contributed by atoms with Gasteiger partial charge in [-0.1, -0.05) is 523 Å². The summed E-state index contributed by atoms with van der Waals surface area (Å²) in [6.07, 6.45) is 0. The minimum atomic E-state index is -1.41. The maximum Gasteiger partial charge on any atom is 0.193 e. The summed E-state index contributed by atoms with van der Waals surface area (Å²) >= 11 is 7.12. The highest BCUT2D eigenvalue weighted by Gasteiger charge is 2.46. The van der Waals surface area contributed by atoms with Crippen LogP contribution in [0.4, 0.5) is 0 Å². The van der Waals surface area contributed by atoms with Crippen molar-refractivity contribution < 1.29 is 14.3 Å². The summed E-state index contributed by atoms with van der Waals surface area (Å²) in [5, 5.41) is 30.1. The Morgan fingerprint density at radius 1 is 0.221 bits per heavy atom. The molecule has 24 aromatic carbocycles. The number of hydrogen-bond acceptors (Lipinski definition) is 3. The van der Waals surface area contributed by atoms with Gasteiger partial charge in [0.05, 0.1) is 5.41 Å². The van der Waals surface area contributed by atoms with Crippen molar-refractivity contribution in [3.05, 3.63) is 587 Å². The van der Waals surface area contributed by atoms with Gasteiger partial charge >= 0.3 is 0 Å². The number of hydrogen-bond donors (Lipinski definition) is 1. The van der Waals surface area contributed by atoms with Crippen LogP contribution in [0.3, 0.4) is 0 Å². The Balaban J connectivity index is 0.000000118. The van der Waals surface area contributed by atoms with E-state index in [4.69, 9.17) is 4.42 Å². The summed E-state index contributed by atoms with van der Waals surface area (Å²) in [4.78, 5) is 13.1. The van der Waals surface area contributed by atoms with Crippen molar-refractivity contribution in [1.82, 2.24) is 0 Å². The Hall–Kier alpha value is -16.8. The number of ketones is 1. The molecule has 1 aliphatic rings. The van der Waals surface area contributed by atoms with Crippen molar-refractivity contribution in [2.75, 3.05) is 0 Å². The van der Waals surface area contributed by atoms with Crippen molar-refractivity contribution in [2.24, 2.45) is 0 Å². The molecule has 1 aliphatic carbocycles. The van der Waals surface area contributed by atoms with E-state index in [1.807, 2.05) is 103 Å². The summed E-state index contributed by atoms with van der Waals surface area (Å²) in [6, 6.07) is 186. The molecule has 1 unspecified atom stereocenters. The van der Waals surface area contributed by atoms with E-state index in [1.54, 1.807) is 0 Å². The standard InChI is InChI=1S/C57H36O.C45H31BrO.C33H21BrO/c1-2-16-37(17-3-1)54-46-23-4-6-25-48(46)55(49-26-7-5-24-47(49)54)38-32-34-40(35-33-38)57(51-29-11-8-20-43(51)44-21-9-12-30-52(44)57)41-19-14-18-39(36-41)42-27-15-28-50-45-22-10-13-31-53(45)58-56(42)50;46-36-19-13-18-35(30-36)45(47,42-25-12-11-20-37(42)31-14-3-1-4-15-31)34-28-26-33(27-29-34)44-40-23-9-7-21-38(40)43(32-16-5-2-6-17-32)39-22-8-10-24-41(39)44;34-26-12-8-11-25(21-26)33(35)24-19-17-23(18-20-24)32-29-15-6-4-13-27(29)31(22-9-2-1-3-10-22)28-14-5-7-16-30(28)32/h1-36H;1-30,47H;1-21H.